The summed E-state index contributed by atoms with van der Waals surface area (Å²) in [5, 5.41) is 3.40. The average molecular weight is 324 g/mol. The first kappa shape index (κ1) is 15.5. The SMILES string of the molecule is CCN(c1ccnc(NC2CCCC2)n1)C1CCS(=O)(=O)C1. The quantitative estimate of drug-likeness (QED) is 0.891. The van der Waals surface area contributed by atoms with Crippen molar-refractivity contribution in [2.45, 2.75) is 51.1 Å². The first-order chi connectivity index (χ1) is 10.6. The molecular formula is C15H24N4O2S. The van der Waals surface area contributed by atoms with Crippen LogP contribution in [-0.2, 0) is 9.84 Å². The Bertz CT molecular complexity index is 614. The molecule has 3 rings (SSSR count). The number of nitrogens with one attached hydrogen (secondary N) is 1. The van der Waals surface area contributed by atoms with Crippen LogP contribution in [0.3, 0.4) is 0 Å². The lowest BCUT2D eigenvalue weighted by atomic mass is 10.2. The number of hydrogen-bond donors (Lipinski definition) is 1. The minimum absolute atomic E-state index is 0.0317. The van der Waals surface area contributed by atoms with Gasteiger partial charge in [0.15, 0.2) is 9.84 Å². The summed E-state index contributed by atoms with van der Waals surface area (Å²) < 4.78 is 23.4. The summed E-state index contributed by atoms with van der Waals surface area (Å²) in [6, 6.07) is 2.37. The molecule has 2 aliphatic rings. The van der Waals surface area contributed by atoms with Crippen molar-refractivity contribution in [2.75, 3.05) is 28.3 Å². The van der Waals surface area contributed by atoms with Gasteiger partial charge in [-0.1, -0.05) is 12.8 Å². The van der Waals surface area contributed by atoms with Gasteiger partial charge in [-0.05, 0) is 32.3 Å². The van der Waals surface area contributed by atoms with Gasteiger partial charge < -0.3 is 10.2 Å². The number of hydrogen-bond acceptors (Lipinski definition) is 6. The normalized spacial score (nSPS) is 24.5. The minimum Gasteiger partial charge on any atom is -0.353 e. The molecule has 1 atom stereocenters. The van der Waals surface area contributed by atoms with Crippen LogP contribution in [0.15, 0.2) is 12.3 Å². The van der Waals surface area contributed by atoms with E-state index in [2.05, 4.69) is 20.2 Å². The zero-order chi connectivity index (χ0) is 15.6. The van der Waals surface area contributed by atoms with Gasteiger partial charge in [0.2, 0.25) is 5.95 Å². The Balaban J connectivity index is 1.74. The van der Waals surface area contributed by atoms with Crippen LogP contribution in [0.4, 0.5) is 11.8 Å². The lowest BCUT2D eigenvalue weighted by Crippen LogP contribution is -2.37. The van der Waals surface area contributed by atoms with Crippen LogP contribution in [0.25, 0.3) is 0 Å². The zero-order valence-electron chi connectivity index (χ0n) is 13.0. The van der Waals surface area contributed by atoms with Crippen molar-refractivity contribution in [3.8, 4) is 0 Å². The third-order valence-electron chi connectivity index (χ3n) is 4.61. The summed E-state index contributed by atoms with van der Waals surface area (Å²) in [7, 11) is -2.89. The monoisotopic (exact) mass is 324 g/mol. The standard InChI is InChI=1S/C15H24N4O2S/c1-2-19(13-8-10-22(20,21)11-13)14-7-9-16-15(18-14)17-12-5-3-4-6-12/h7,9,12-13H,2-6,8,10-11H2,1H3,(H,16,17,18). The lowest BCUT2D eigenvalue weighted by Gasteiger charge is -2.28. The third kappa shape index (κ3) is 3.51. The summed E-state index contributed by atoms with van der Waals surface area (Å²) >= 11 is 0. The Morgan fingerprint density at radius 2 is 2.09 bits per heavy atom. The molecule has 7 heteroatoms. The van der Waals surface area contributed by atoms with Crippen LogP contribution in [-0.4, -0.2) is 48.5 Å². The number of nitrogens with zero attached hydrogens (tertiary/aromatic N) is 3. The van der Waals surface area contributed by atoms with E-state index >= 15 is 0 Å². The van der Waals surface area contributed by atoms with Gasteiger partial charge in [-0.25, -0.2) is 13.4 Å². The van der Waals surface area contributed by atoms with Crippen LogP contribution in [0.5, 0.6) is 0 Å². The highest BCUT2D eigenvalue weighted by Gasteiger charge is 2.32. The second-order valence-electron chi connectivity index (χ2n) is 6.21. The molecule has 1 saturated heterocycles. The van der Waals surface area contributed by atoms with Crippen LogP contribution in [0, 0.1) is 0 Å². The van der Waals surface area contributed by atoms with Gasteiger partial charge >= 0.3 is 0 Å². The van der Waals surface area contributed by atoms with Crippen molar-refractivity contribution < 1.29 is 8.42 Å². The third-order valence-corrected chi connectivity index (χ3v) is 6.36. The predicted molar refractivity (Wildman–Crippen MR) is 88.0 cm³/mol. The van der Waals surface area contributed by atoms with Gasteiger partial charge in [-0.2, -0.15) is 4.98 Å². The van der Waals surface area contributed by atoms with E-state index in [1.807, 2.05) is 13.0 Å². The van der Waals surface area contributed by atoms with Crippen LogP contribution >= 0.6 is 0 Å². The molecule has 22 heavy (non-hydrogen) atoms. The molecule has 1 saturated carbocycles. The van der Waals surface area contributed by atoms with E-state index in [0.717, 1.165) is 12.4 Å². The van der Waals surface area contributed by atoms with Gasteiger partial charge in [-0.15, -0.1) is 0 Å². The van der Waals surface area contributed by atoms with E-state index in [0.29, 0.717) is 18.4 Å². The van der Waals surface area contributed by atoms with E-state index in [4.69, 9.17) is 0 Å². The highest BCUT2D eigenvalue weighted by atomic mass is 32.2. The molecule has 2 fully saturated rings. The van der Waals surface area contributed by atoms with Gasteiger partial charge in [0, 0.05) is 24.8 Å². The summed E-state index contributed by atoms with van der Waals surface area (Å²) in [5.74, 6) is 1.99. The number of rotatable bonds is 5. The smallest absolute Gasteiger partial charge is 0.224 e. The summed E-state index contributed by atoms with van der Waals surface area (Å²) in [6.07, 6.45) is 7.31. The molecule has 1 aromatic heterocycles. The number of aromatic nitrogens is 2. The van der Waals surface area contributed by atoms with Crippen molar-refractivity contribution in [3.63, 3.8) is 0 Å². The van der Waals surface area contributed by atoms with Gasteiger partial charge in [0.25, 0.3) is 0 Å². The van der Waals surface area contributed by atoms with Crippen LogP contribution < -0.4 is 10.2 Å². The van der Waals surface area contributed by atoms with Crippen molar-refractivity contribution >= 4 is 21.6 Å². The van der Waals surface area contributed by atoms with E-state index in [1.165, 1.54) is 25.7 Å². The maximum Gasteiger partial charge on any atom is 0.224 e. The Hall–Kier alpha value is -1.37. The molecule has 0 radical (unpaired) electrons. The molecule has 2 heterocycles. The maximum absolute atomic E-state index is 11.7. The van der Waals surface area contributed by atoms with Gasteiger partial charge in [0.1, 0.15) is 5.82 Å². The fourth-order valence-corrected chi connectivity index (χ4v) is 5.19. The fourth-order valence-electron chi connectivity index (χ4n) is 3.46. The van der Waals surface area contributed by atoms with Crippen LogP contribution in [0.1, 0.15) is 39.0 Å². The van der Waals surface area contributed by atoms with Gasteiger partial charge in [-0.3, -0.25) is 0 Å². The van der Waals surface area contributed by atoms with Crippen molar-refractivity contribution in [1.82, 2.24) is 9.97 Å². The maximum atomic E-state index is 11.7. The first-order valence-electron chi connectivity index (χ1n) is 8.14. The molecule has 0 amide bonds. The zero-order valence-corrected chi connectivity index (χ0v) is 13.8. The molecule has 0 bridgehead atoms. The van der Waals surface area contributed by atoms with Crippen LogP contribution in [0.2, 0.25) is 0 Å². The van der Waals surface area contributed by atoms with Crippen molar-refractivity contribution in [3.05, 3.63) is 12.3 Å². The topological polar surface area (TPSA) is 75.2 Å². The first-order valence-corrected chi connectivity index (χ1v) is 9.96. The second-order valence-corrected chi connectivity index (χ2v) is 8.44. The van der Waals surface area contributed by atoms with E-state index in [-0.39, 0.29) is 17.5 Å². The molecular weight excluding hydrogens is 300 g/mol. The number of sulfone groups is 1. The largest absolute Gasteiger partial charge is 0.353 e. The fraction of sp³-hybridized carbons (Fsp3) is 0.733. The highest BCUT2D eigenvalue weighted by Crippen LogP contribution is 2.25. The molecule has 0 aromatic carbocycles. The molecule has 1 N–H and O–H groups in total. The second kappa shape index (κ2) is 6.40. The Morgan fingerprint density at radius 3 is 2.73 bits per heavy atom. The molecule has 122 valence electrons. The minimum atomic E-state index is -2.89. The molecule has 0 spiro atoms. The van der Waals surface area contributed by atoms with Crippen molar-refractivity contribution in [2.24, 2.45) is 0 Å². The molecule has 1 aliphatic heterocycles. The molecule has 1 aromatic rings. The lowest BCUT2D eigenvalue weighted by molar-refractivity contribution is 0.599. The van der Waals surface area contributed by atoms with E-state index in [1.54, 1.807) is 6.20 Å². The Labute approximate surface area is 132 Å². The summed E-state index contributed by atoms with van der Waals surface area (Å²) in [4.78, 5) is 11.0. The van der Waals surface area contributed by atoms with E-state index < -0.39 is 9.84 Å². The van der Waals surface area contributed by atoms with Crippen molar-refractivity contribution in [1.29, 1.82) is 0 Å². The predicted octanol–water partition coefficient (Wildman–Crippen LogP) is 1.84. The summed E-state index contributed by atoms with van der Waals surface area (Å²) in [5.41, 5.74) is 0. The average Bonchev–Trinajstić information content (AvgIpc) is 3.10. The molecule has 6 nitrogen and oxygen atoms in total. The van der Waals surface area contributed by atoms with Gasteiger partial charge in [0.05, 0.1) is 11.5 Å². The summed E-state index contributed by atoms with van der Waals surface area (Å²) in [6.45, 7) is 2.79. The molecule has 1 aliphatic carbocycles. The Kier molecular flexibility index (Phi) is 4.52. The molecule has 1 unspecified atom stereocenters. The van der Waals surface area contributed by atoms with E-state index in [9.17, 15) is 8.42 Å². The number of anilines is 2. The highest BCUT2D eigenvalue weighted by molar-refractivity contribution is 7.91. The Morgan fingerprint density at radius 1 is 1.32 bits per heavy atom.